The number of hydrogen-bond donors (Lipinski definition) is 2. The van der Waals surface area contributed by atoms with Gasteiger partial charge in [0.05, 0.1) is 7.11 Å². The van der Waals surface area contributed by atoms with Crippen molar-refractivity contribution in [2.24, 2.45) is 5.92 Å². The van der Waals surface area contributed by atoms with E-state index in [0.29, 0.717) is 17.7 Å². The third-order valence-electron chi connectivity index (χ3n) is 3.41. The molecule has 3 nitrogen and oxygen atoms in total. The molecule has 18 heavy (non-hydrogen) atoms. The molecule has 0 spiro atoms. The highest BCUT2D eigenvalue weighted by Crippen LogP contribution is 2.29. The minimum atomic E-state index is 0.185. The highest BCUT2D eigenvalue weighted by Gasteiger charge is 2.16. The number of aromatic hydroxyl groups is 1. The van der Waals surface area contributed by atoms with Crippen molar-refractivity contribution in [1.29, 1.82) is 0 Å². The summed E-state index contributed by atoms with van der Waals surface area (Å²) >= 11 is 0. The Morgan fingerprint density at radius 3 is 2.44 bits per heavy atom. The molecule has 0 saturated heterocycles. The maximum absolute atomic E-state index is 9.59. The first-order chi connectivity index (χ1) is 8.49. The highest BCUT2D eigenvalue weighted by molar-refractivity contribution is 5.42. The smallest absolute Gasteiger partial charge is 0.160 e. The molecule has 0 aliphatic carbocycles. The van der Waals surface area contributed by atoms with Crippen molar-refractivity contribution in [3.8, 4) is 11.5 Å². The molecule has 0 bridgehead atoms. The molecule has 0 heterocycles. The van der Waals surface area contributed by atoms with E-state index < -0.39 is 0 Å². The monoisotopic (exact) mass is 251 g/mol. The van der Waals surface area contributed by atoms with E-state index >= 15 is 0 Å². The number of rotatable bonds is 6. The Morgan fingerprint density at radius 1 is 1.28 bits per heavy atom. The van der Waals surface area contributed by atoms with Crippen LogP contribution in [-0.2, 0) is 0 Å². The second kappa shape index (κ2) is 6.64. The van der Waals surface area contributed by atoms with E-state index in [2.05, 4.69) is 33.0 Å². The number of nitrogens with one attached hydrogen (secondary N) is 1. The number of phenols is 1. The van der Waals surface area contributed by atoms with Crippen molar-refractivity contribution in [3.05, 3.63) is 23.8 Å². The Morgan fingerprint density at radius 2 is 1.94 bits per heavy atom. The summed E-state index contributed by atoms with van der Waals surface area (Å²) in [6, 6.07) is 6.25. The molecule has 0 saturated carbocycles. The molecule has 3 heteroatoms. The summed E-state index contributed by atoms with van der Waals surface area (Å²) in [4.78, 5) is 0. The number of benzene rings is 1. The lowest BCUT2D eigenvalue weighted by atomic mass is 9.99. The van der Waals surface area contributed by atoms with Gasteiger partial charge in [0.2, 0.25) is 0 Å². The summed E-state index contributed by atoms with van der Waals surface area (Å²) < 4.78 is 5.14. The predicted octanol–water partition coefficient (Wildman–Crippen LogP) is 3.49. The second-order valence-corrected chi connectivity index (χ2v) is 5.08. The molecule has 0 aliphatic rings. The van der Waals surface area contributed by atoms with Crippen molar-refractivity contribution in [2.45, 2.75) is 46.2 Å². The van der Waals surface area contributed by atoms with E-state index in [-0.39, 0.29) is 11.8 Å². The van der Waals surface area contributed by atoms with Gasteiger partial charge < -0.3 is 15.2 Å². The molecule has 1 rings (SSSR count). The maximum atomic E-state index is 9.59. The van der Waals surface area contributed by atoms with Crippen LogP contribution in [0.3, 0.4) is 0 Å². The number of phenolic OH excluding ortho intramolecular Hbond substituents is 1. The normalized spacial score (nSPS) is 14.6. The summed E-state index contributed by atoms with van der Waals surface area (Å²) in [7, 11) is 1.57. The molecule has 0 radical (unpaired) electrons. The largest absolute Gasteiger partial charge is 0.504 e. The van der Waals surface area contributed by atoms with Gasteiger partial charge in [0, 0.05) is 12.1 Å². The number of hydrogen-bond acceptors (Lipinski definition) is 3. The Bertz CT molecular complexity index is 377. The molecule has 0 aromatic heterocycles. The first kappa shape index (κ1) is 14.8. The average molecular weight is 251 g/mol. The topological polar surface area (TPSA) is 41.5 Å². The summed E-state index contributed by atoms with van der Waals surface area (Å²) in [6.07, 6.45) is 1.11. The van der Waals surface area contributed by atoms with E-state index in [1.165, 1.54) is 0 Å². The summed E-state index contributed by atoms with van der Waals surface area (Å²) in [6.45, 7) is 8.79. The van der Waals surface area contributed by atoms with E-state index in [1.54, 1.807) is 13.2 Å². The van der Waals surface area contributed by atoms with E-state index in [4.69, 9.17) is 4.74 Å². The quantitative estimate of drug-likeness (QED) is 0.813. The van der Waals surface area contributed by atoms with Crippen LogP contribution in [0.1, 0.15) is 45.7 Å². The molecule has 102 valence electrons. The maximum Gasteiger partial charge on any atom is 0.160 e. The van der Waals surface area contributed by atoms with Gasteiger partial charge in [0.15, 0.2) is 11.5 Å². The first-order valence-corrected chi connectivity index (χ1v) is 6.62. The van der Waals surface area contributed by atoms with Crippen molar-refractivity contribution in [3.63, 3.8) is 0 Å². The van der Waals surface area contributed by atoms with Crippen molar-refractivity contribution >= 4 is 0 Å². The van der Waals surface area contributed by atoms with Gasteiger partial charge in [-0.3, -0.25) is 0 Å². The first-order valence-electron chi connectivity index (χ1n) is 6.62. The summed E-state index contributed by atoms with van der Waals surface area (Å²) in [5.74, 6) is 1.32. The Labute approximate surface area is 110 Å². The molecule has 2 unspecified atom stereocenters. The average Bonchev–Trinajstić information content (AvgIpc) is 2.35. The SMILES string of the molecule is CCC(NC(C)c1ccc(O)c(OC)c1)C(C)C. The van der Waals surface area contributed by atoms with Crippen molar-refractivity contribution in [1.82, 2.24) is 5.32 Å². The molecular formula is C15H25NO2. The summed E-state index contributed by atoms with van der Waals surface area (Å²) in [5, 5.41) is 13.2. The van der Waals surface area contributed by atoms with Gasteiger partial charge in [0.25, 0.3) is 0 Å². The standard InChI is InChI=1S/C15H25NO2/c1-6-13(10(2)3)16-11(4)12-7-8-14(17)15(9-12)18-5/h7-11,13,16-17H,6H2,1-5H3. The Balaban J connectivity index is 2.80. The van der Waals surface area contributed by atoms with E-state index in [0.717, 1.165) is 12.0 Å². The van der Waals surface area contributed by atoms with Crippen LogP contribution in [0.15, 0.2) is 18.2 Å². The third kappa shape index (κ3) is 3.64. The molecule has 1 aromatic rings. The van der Waals surface area contributed by atoms with E-state index in [1.807, 2.05) is 12.1 Å². The van der Waals surface area contributed by atoms with Gasteiger partial charge >= 0.3 is 0 Å². The fraction of sp³-hybridized carbons (Fsp3) is 0.600. The van der Waals surface area contributed by atoms with Gasteiger partial charge in [-0.1, -0.05) is 26.8 Å². The number of methoxy groups -OCH3 is 1. The molecule has 2 atom stereocenters. The van der Waals surface area contributed by atoms with Crippen LogP contribution in [0.4, 0.5) is 0 Å². The van der Waals surface area contributed by atoms with Gasteiger partial charge in [-0.05, 0) is 37.0 Å². The van der Waals surface area contributed by atoms with Crippen molar-refractivity contribution in [2.75, 3.05) is 7.11 Å². The van der Waals surface area contributed by atoms with Gasteiger partial charge in [0.1, 0.15) is 0 Å². The zero-order chi connectivity index (χ0) is 13.7. The van der Waals surface area contributed by atoms with Crippen LogP contribution in [0.25, 0.3) is 0 Å². The third-order valence-corrected chi connectivity index (χ3v) is 3.41. The summed E-state index contributed by atoms with van der Waals surface area (Å²) in [5.41, 5.74) is 1.13. The minimum absolute atomic E-state index is 0.185. The van der Waals surface area contributed by atoms with Crippen LogP contribution in [0.2, 0.25) is 0 Å². The van der Waals surface area contributed by atoms with Crippen LogP contribution in [0.5, 0.6) is 11.5 Å². The second-order valence-electron chi connectivity index (χ2n) is 5.08. The fourth-order valence-electron chi connectivity index (χ4n) is 2.16. The molecule has 2 N–H and O–H groups in total. The van der Waals surface area contributed by atoms with Crippen molar-refractivity contribution < 1.29 is 9.84 Å². The molecule has 0 amide bonds. The molecule has 0 fully saturated rings. The van der Waals surface area contributed by atoms with Crippen LogP contribution >= 0.6 is 0 Å². The van der Waals surface area contributed by atoms with Crippen LogP contribution in [-0.4, -0.2) is 18.3 Å². The van der Waals surface area contributed by atoms with Crippen LogP contribution < -0.4 is 10.1 Å². The fourth-order valence-corrected chi connectivity index (χ4v) is 2.16. The lowest BCUT2D eigenvalue weighted by molar-refractivity contribution is 0.352. The van der Waals surface area contributed by atoms with E-state index in [9.17, 15) is 5.11 Å². The highest BCUT2D eigenvalue weighted by atomic mass is 16.5. The number of ether oxygens (including phenoxy) is 1. The zero-order valence-corrected chi connectivity index (χ0v) is 12.0. The molecule has 1 aromatic carbocycles. The predicted molar refractivity (Wildman–Crippen MR) is 75.1 cm³/mol. The zero-order valence-electron chi connectivity index (χ0n) is 12.0. The molecule has 0 aliphatic heterocycles. The Kier molecular flexibility index (Phi) is 5.48. The Hall–Kier alpha value is -1.22. The lowest BCUT2D eigenvalue weighted by Gasteiger charge is -2.26. The molecular weight excluding hydrogens is 226 g/mol. The van der Waals surface area contributed by atoms with Gasteiger partial charge in [-0.2, -0.15) is 0 Å². The minimum Gasteiger partial charge on any atom is -0.504 e. The van der Waals surface area contributed by atoms with Gasteiger partial charge in [-0.15, -0.1) is 0 Å². The lowest BCUT2D eigenvalue weighted by Crippen LogP contribution is -2.35. The van der Waals surface area contributed by atoms with Crippen LogP contribution in [0, 0.1) is 5.92 Å². The van der Waals surface area contributed by atoms with Gasteiger partial charge in [-0.25, -0.2) is 0 Å².